The van der Waals surface area contributed by atoms with Crippen LogP contribution in [0.25, 0.3) is 11.4 Å². The molecule has 1 amide bonds. The Morgan fingerprint density at radius 2 is 2.37 bits per heavy atom. The van der Waals surface area contributed by atoms with Crippen LogP contribution in [-0.4, -0.2) is 39.6 Å². The number of H-pyrrole nitrogens is 1. The third-order valence-electron chi connectivity index (χ3n) is 2.29. The van der Waals surface area contributed by atoms with E-state index in [-0.39, 0.29) is 13.2 Å². The standard InChI is InChI=1S/C12H14N4O3/c1-8-13-11(16-15-8)9-3-2-4-10(7-9)14-12(18)19-6-5-17/h2-4,7,17H,5-6H2,1H3,(H,14,18)(H,13,15,16). The number of aryl methyl sites for hydroxylation is 1. The molecule has 1 aromatic heterocycles. The fourth-order valence-electron chi connectivity index (χ4n) is 1.50. The number of carbonyl (C=O) groups excluding carboxylic acids is 1. The van der Waals surface area contributed by atoms with Gasteiger partial charge in [-0.3, -0.25) is 10.4 Å². The van der Waals surface area contributed by atoms with Crippen LogP contribution in [0.5, 0.6) is 0 Å². The van der Waals surface area contributed by atoms with Crippen LogP contribution < -0.4 is 5.32 Å². The van der Waals surface area contributed by atoms with E-state index in [0.29, 0.717) is 11.5 Å². The van der Waals surface area contributed by atoms with E-state index >= 15 is 0 Å². The molecule has 3 N–H and O–H groups in total. The molecule has 2 rings (SSSR count). The van der Waals surface area contributed by atoms with Crippen molar-refractivity contribution in [2.45, 2.75) is 6.92 Å². The van der Waals surface area contributed by atoms with E-state index in [1.165, 1.54) is 0 Å². The molecule has 0 radical (unpaired) electrons. The molecule has 7 nitrogen and oxygen atoms in total. The van der Waals surface area contributed by atoms with Crippen molar-refractivity contribution in [3.05, 3.63) is 30.1 Å². The van der Waals surface area contributed by atoms with Crippen LogP contribution in [0.15, 0.2) is 24.3 Å². The summed E-state index contributed by atoms with van der Waals surface area (Å²) in [5, 5.41) is 17.9. The van der Waals surface area contributed by atoms with Crippen molar-refractivity contribution < 1.29 is 14.6 Å². The maximum atomic E-state index is 11.3. The number of anilines is 1. The van der Waals surface area contributed by atoms with Crippen LogP contribution in [0.2, 0.25) is 0 Å². The average molecular weight is 262 g/mol. The molecule has 0 aliphatic heterocycles. The smallest absolute Gasteiger partial charge is 0.411 e. The minimum absolute atomic E-state index is 0.0361. The van der Waals surface area contributed by atoms with Gasteiger partial charge in [0.25, 0.3) is 0 Å². The van der Waals surface area contributed by atoms with Crippen LogP contribution in [0, 0.1) is 6.92 Å². The lowest BCUT2D eigenvalue weighted by Crippen LogP contribution is -2.15. The number of hydrogen-bond donors (Lipinski definition) is 3. The molecule has 19 heavy (non-hydrogen) atoms. The number of rotatable bonds is 4. The average Bonchev–Trinajstić information content (AvgIpc) is 2.83. The zero-order valence-corrected chi connectivity index (χ0v) is 10.4. The Morgan fingerprint density at radius 1 is 1.53 bits per heavy atom. The number of aromatic amines is 1. The summed E-state index contributed by atoms with van der Waals surface area (Å²) in [5.41, 5.74) is 1.35. The van der Waals surface area contributed by atoms with Crippen molar-refractivity contribution in [3.8, 4) is 11.4 Å². The topological polar surface area (TPSA) is 100 Å². The van der Waals surface area contributed by atoms with E-state index in [0.717, 1.165) is 11.4 Å². The number of benzene rings is 1. The molecule has 0 saturated heterocycles. The highest BCUT2D eigenvalue weighted by atomic mass is 16.6. The first-order chi connectivity index (χ1) is 9.19. The lowest BCUT2D eigenvalue weighted by molar-refractivity contribution is 0.131. The molecular formula is C12H14N4O3. The van der Waals surface area contributed by atoms with Gasteiger partial charge in [-0.25, -0.2) is 9.78 Å². The number of hydrogen-bond acceptors (Lipinski definition) is 5. The summed E-state index contributed by atoms with van der Waals surface area (Å²) in [6.07, 6.45) is -0.614. The van der Waals surface area contributed by atoms with E-state index < -0.39 is 6.09 Å². The largest absolute Gasteiger partial charge is 0.447 e. The molecule has 0 aliphatic rings. The minimum Gasteiger partial charge on any atom is -0.447 e. The van der Waals surface area contributed by atoms with Gasteiger partial charge in [0.05, 0.1) is 6.61 Å². The number of ether oxygens (including phenoxy) is 1. The second-order valence-electron chi connectivity index (χ2n) is 3.81. The van der Waals surface area contributed by atoms with Crippen molar-refractivity contribution in [1.29, 1.82) is 0 Å². The van der Waals surface area contributed by atoms with Crippen molar-refractivity contribution in [2.24, 2.45) is 0 Å². The van der Waals surface area contributed by atoms with Gasteiger partial charge in [-0.05, 0) is 19.1 Å². The maximum Gasteiger partial charge on any atom is 0.411 e. The Labute approximate surface area is 109 Å². The highest BCUT2D eigenvalue weighted by Crippen LogP contribution is 2.19. The van der Waals surface area contributed by atoms with Crippen molar-refractivity contribution in [1.82, 2.24) is 15.2 Å². The number of carbonyl (C=O) groups is 1. The summed E-state index contributed by atoms with van der Waals surface area (Å²) in [6.45, 7) is 1.57. The highest BCUT2D eigenvalue weighted by Gasteiger charge is 2.07. The zero-order valence-electron chi connectivity index (χ0n) is 10.4. The van der Waals surface area contributed by atoms with E-state index in [1.807, 2.05) is 13.0 Å². The third kappa shape index (κ3) is 3.52. The Morgan fingerprint density at radius 3 is 3.05 bits per heavy atom. The minimum atomic E-state index is -0.614. The van der Waals surface area contributed by atoms with Crippen LogP contribution in [0.4, 0.5) is 10.5 Å². The Balaban J connectivity index is 2.09. The predicted octanol–water partition coefficient (Wildman–Crippen LogP) is 1.32. The van der Waals surface area contributed by atoms with Gasteiger partial charge in [0.2, 0.25) is 0 Å². The molecule has 0 saturated carbocycles. The summed E-state index contributed by atoms with van der Waals surface area (Å²) >= 11 is 0. The summed E-state index contributed by atoms with van der Waals surface area (Å²) in [7, 11) is 0. The first-order valence-electron chi connectivity index (χ1n) is 5.73. The summed E-state index contributed by atoms with van der Waals surface area (Å²) < 4.78 is 4.71. The first kappa shape index (κ1) is 13.0. The normalized spacial score (nSPS) is 10.2. The SMILES string of the molecule is Cc1nc(-c2cccc(NC(=O)OCCO)c2)n[nH]1. The number of amides is 1. The van der Waals surface area contributed by atoms with E-state index in [9.17, 15) is 4.79 Å². The molecular weight excluding hydrogens is 248 g/mol. The second-order valence-corrected chi connectivity index (χ2v) is 3.81. The summed E-state index contributed by atoms with van der Waals surface area (Å²) in [6, 6.07) is 7.08. The fourth-order valence-corrected chi connectivity index (χ4v) is 1.50. The van der Waals surface area contributed by atoms with E-state index in [1.54, 1.807) is 18.2 Å². The molecule has 7 heteroatoms. The van der Waals surface area contributed by atoms with E-state index in [2.05, 4.69) is 20.5 Å². The van der Waals surface area contributed by atoms with Crippen LogP contribution in [0.1, 0.15) is 5.82 Å². The summed E-state index contributed by atoms with van der Waals surface area (Å²) in [4.78, 5) is 15.5. The van der Waals surface area contributed by atoms with Gasteiger partial charge >= 0.3 is 6.09 Å². The van der Waals surface area contributed by atoms with Crippen LogP contribution in [0.3, 0.4) is 0 Å². The highest BCUT2D eigenvalue weighted by molar-refractivity contribution is 5.85. The molecule has 2 aromatic rings. The lowest BCUT2D eigenvalue weighted by atomic mass is 10.2. The van der Waals surface area contributed by atoms with Gasteiger partial charge in [-0.2, -0.15) is 5.10 Å². The van der Waals surface area contributed by atoms with Crippen LogP contribution in [-0.2, 0) is 4.74 Å². The molecule has 1 aromatic carbocycles. The predicted molar refractivity (Wildman–Crippen MR) is 68.6 cm³/mol. The van der Waals surface area contributed by atoms with Crippen molar-refractivity contribution >= 4 is 11.8 Å². The monoisotopic (exact) mass is 262 g/mol. The van der Waals surface area contributed by atoms with Gasteiger partial charge in [-0.15, -0.1) is 0 Å². The molecule has 0 atom stereocenters. The van der Waals surface area contributed by atoms with Crippen molar-refractivity contribution in [3.63, 3.8) is 0 Å². The number of aliphatic hydroxyl groups is 1. The number of aliphatic hydroxyl groups excluding tert-OH is 1. The van der Waals surface area contributed by atoms with Gasteiger partial charge in [0.1, 0.15) is 12.4 Å². The molecule has 0 unspecified atom stereocenters. The lowest BCUT2D eigenvalue weighted by Gasteiger charge is -2.06. The number of aromatic nitrogens is 3. The Bertz CT molecular complexity index is 568. The van der Waals surface area contributed by atoms with Crippen molar-refractivity contribution in [2.75, 3.05) is 18.5 Å². The molecule has 0 aliphatic carbocycles. The van der Waals surface area contributed by atoms with Gasteiger partial charge < -0.3 is 9.84 Å². The number of nitrogens with one attached hydrogen (secondary N) is 2. The van der Waals surface area contributed by atoms with Gasteiger partial charge in [0, 0.05) is 11.3 Å². The number of nitrogens with zero attached hydrogens (tertiary/aromatic N) is 2. The summed E-state index contributed by atoms with van der Waals surface area (Å²) in [5.74, 6) is 1.28. The zero-order chi connectivity index (χ0) is 13.7. The molecule has 0 fully saturated rings. The fraction of sp³-hybridized carbons (Fsp3) is 0.250. The Hall–Kier alpha value is -2.41. The van der Waals surface area contributed by atoms with Gasteiger partial charge in [0.15, 0.2) is 5.82 Å². The quantitative estimate of drug-likeness (QED) is 0.771. The van der Waals surface area contributed by atoms with Gasteiger partial charge in [-0.1, -0.05) is 12.1 Å². The third-order valence-corrected chi connectivity index (χ3v) is 2.29. The maximum absolute atomic E-state index is 11.3. The van der Waals surface area contributed by atoms with Crippen LogP contribution >= 0.6 is 0 Å². The molecule has 1 heterocycles. The first-order valence-corrected chi connectivity index (χ1v) is 5.73. The second kappa shape index (κ2) is 5.96. The Kier molecular flexibility index (Phi) is 4.09. The molecule has 0 spiro atoms. The molecule has 0 bridgehead atoms. The molecule has 100 valence electrons. The van der Waals surface area contributed by atoms with E-state index in [4.69, 9.17) is 9.84 Å².